The van der Waals surface area contributed by atoms with Gasteiger partial charge in [-0.15, -0.1) is 0 Å². The Hall–Kier alpha value is -2.12. The molecule has 0 unspecified atom stereocenters. The van der Waals surface area contributed by atoms with Crippen LogP contribution in [0.3, 0.4) is 0 Å². The molecule has 4 rings (SSSR count). The van der Waals surface area contributed by atoms with Gasteiger partial charge in [-0.05, 0) is 37.5 Å². The van der Waals surface area contributed by atoms with E-state index in [4.69, 9.17) is 0 Å². The van der Waals surface area contributed by atoms with Crippen LogP contribution in [-0.4, -0.2) is 98.0 Å². The Bertz CT molecular complexity index is 750. The van der Waals surface area contributed by atoms with Crippen LogP contribution in [0.5, 0.6) is 0 Å². The highest BCUT2D eigenvalue weighted by molar-refractivity contribution is 5.95. The quantitative estimate of drug-likeness (QED) is 0.717. The molecule has 1 saturated carbocycles. The summed E-state index contributed by atoms with van der Waals surface area (Å²) in [5.74, 6) is 0.265. The minimum Gasteiger partial charge on any atom is -0.369 e. The molecule has 7 heteroatoms. The summed E-state index contributed by atoms with van der Waals surface area (Å²) in [6, 6.07) is 8.65. The number of nitrogens with zero attached hydrogens (tertiary/aromatic N) is 4. The molecule has 0 aromatic heterocycles. The zero-order valence-corrected chi connectivity index (χ0v) is 18.9. The van der Waals surface area contributed by atoms with Crippen LogP contribution < -0.4 is 10.2 Å². The molecule has 2 aliphatic heterocycles. The Morgan fingerprint density at radius 3 is 2.39 bits per heavy atom. The molecule has 0 radical (unpaired) electrons. The second kappa shape index (κ2) is 10.5. The molecular formula is C24H37N5O2. The first-order chi connectivity index (χ1) is 15.1. The standard InChI is InChI=1S/C24H37N5O2/c1-2-9-25-24(31)20-5-3-8-22(18-20)28-12-10-26(11-13-28)19-23(30)29-16-14-27(15-17-29)21-6-4-7-21/h3,5,8,18,21H,2,4,6-7,9-17,19H2,1H3,(H,25,31). The summed E-state index contributed by atoms with van der Waals surface area (Å²) in [6.07, 6.45) is 4.98. The maximum absolute atomic E-state index is 12.8. The van der Waals surface area contributed by atoms with E-state index < -0.39 is 0 Å². The SMILES string of the molecule is CCCNC(=O)c1cccc(N2CCN(CC(=O)N3CCN(C4CCC4)CC3)CC2)c1. The number of rotatable bonds is 7. The van der Waals surface area contributed by atoms with Gasteiger partial charge in [0, 0.05) is 76.2 Å². The zero-order chi connectivity index (χ0) is 21.6. The lowest BCUT2D eigenvalue weighted by Gasteiger charge is -2.43. The van der Waals surface area contributed by atoms with Crippen LogP contribution in [0.1, 0.15) is 43.0 Å². The number of amides is 2. The average Bonchev–Trinajstić information content (AvgIpc) is 2.77. The molecule has 3 aliphatic rings. The smallest absolute Gasteiger partial charge is 0.251 e. The Kier molecular flexibility index (Phi) is 7.45. The number of piperazine rings is 2. The third-order valence-electron chi connectivity index (χ3n) is 7.00. The Balaban J connectivity index is 1.22. The number of nitrogens with one attached hydrogen (secondary N) is 1. The number of carbonyl (C=O) groups excluding carboxylic acids is 2. The second-order valence-corrected chi connectivity index (χ2v) is 9.07. The van der Waals surface area contributed by atoms with Crippen molar-refractivity contribution in [3.05, 3.63) is 29.8 Å². The van der Waals surface area contributed by atoms with Gasteiger partial charge in [0.15, 0.2) is 0 Å². The van der Waals surface area contributed by atoms with E-state index in [1.165, 1.54) is 19.3 Å². The van der Waals surface area contributed by atoms with Gasteiger partial charge in [0.05, 0.1) is 6.54 Å². The van der Waals surface area contributed by atoms with Crippen LogP contribution in [0.4, 0.5) is 5.69 Å². The fourth-order valence-electron chi connectivity index (χ4n) is 4.73. The summed E-state index contributed by atoms with van der Waals surface area (Å²) in [4.78, 5) is 34.3. The molecule has 0 atom stereocenters. The van der Waals surface area contributed by atoms with Crippen molar-refractivity contribution >= 4 is 17.5 Å². The summed E-state index contributed by atoms with van der Waals surface area (Å²) in [7, 11) is 0. The van der Waals surface area contributed by atoms with E-state index in [0.29, 0.717) is 18.7 Å². The number of anilines is 1. The average molecular weight is 428 g/mol. The first-order valence-electron chi connectivity index (χ1n) is 12.0. The van der Waals surface area contributed by atoms with Gasteiger partial charge in [0.1, 0.15) is 0 Å². The van der Waals surface area contributed by atoms with Crippen molar-refractivity contribution in [2.24, 2.45) is 0 Å². The lowest BCUT2D eigenvalue weighted by molar-refractivity contribution is -0.134. The monoisotopic (exact) mass is 427 g/mol. The highest BCUT2D eigenvalue weighted by Crippen LogP contribution is 2.25. The maximum atomic E-state index is 12.8. The first kappa shape index (κ1) is 22.1. The van der Waals surface area contributed by atoms with Crippen LogP contribution >= 0.6 is 0 Å². The van der Waals surface area contributed by atoms with Crippen LogP contribution in [0, 0.1) is 0 Å². The van der Waals surface area contributed by atoms with Gasteiger partial charge in [-0.2, -0.15) is 0 Å². The van der Waals surface area contributed by atoms with Gasteiger partial charge in [-0.3, -0.25) is 19.4 Å². The Morgan fingerprint density at radius 2 is 1.74 bits per heavy atom. The van der Waals surface area contributed by atoms with E-state index in [0.717, 1.165) is 70.5 Å². The highest BCUT2D eigenvalue weighted by Gasteiger charge is 2.30. The van der Waals surface area contributed by atoms with E-state index in [-0.39, 0.29) is 11.8 Å². The van der Waals surface area contributed by atoms with E-state index in [9.17, 15) is 9.59 Å². The molecule has 1 N–H and O–H groups in total. The van der Waals surface area contributed by atoms with E-state index in [1.807, 2.05) is 18.2 Å². The predicted octanol–water partition coefficient (Wildman–Crippen LogP) is 1.65. The third-order valence-corrected chi connectivity index (χ3v) is 7.00. The summed E-state index contributed by atoms with van der Waals surface area (Å²) in [5, 5.41) is 2.94. The fraction of sp³-hybridized carbons (Fsp3) is 0.667. The molecule has 0 bridgehead atoms. The number of benzene rings is 1. The summed E-state index contributed by atoms with van der Waals surface area (Å²) >= 11 is 0. The minimum atomic E-state index is -0.00895. The zero-order valence-electron chi connectivity index (χ0n) is 18.9. The van der Waals surface area contributed by atoms with Gasteiger partial charge in [-0.1, -0.05) is 19.4 Å². The van der Waals surface area contributed by atoms with E-state index in [2.05, 4.69) is 37.9 Å². The topological polar surface area (TPSA) is 59.1 Å². The summed E-state index contributed by atoms with van der Waals surface area (Å²) in [5.41, 5.74) is 1.80. The van der Waals surface area contributed by atoms with Crippen LogP contribution in [0.15, 0.2) is 24.3 Å². The molecule has 2 heterocycles. The largest absolute Gasteiger partial charge is 0.369 e. The molecule has 2 saturated heterocycles. The lowest BCUT2D eigenvalue weighted by Crippen LogP contribution is -2.56. The molecule has 31 heavy (non-hydrogen) atoms. The van der Waals surface area contributed by atoms with Gasteiger partial charge in [0.25, 0.3) is 5.91 Å². The molecule has 0 spiro atoms. The van der Waals surface area contributed by atoms with Crippen LogP contribution in [0.25, 0.3) is 0 Å². The molecule has 1 aromatic rings. The lowest BCUT2D eigenvalue weighted by atomic mass is 9.91. The molecule has 1 aromatic carbocycles. The predicted molar refractivity (Wildman–Crippen MR) is 124 cm³/mol. The Labute approximate surface area is 186 Å². The van der Waals surface area contributed by atoms with E-state index in [1.54, 1.807) is 0 Å². The minimum absolute atomic E-state index is 0.00895. The van der Waals surface area contributed by atoms with Gasteiger partial charge >= 0.3 is 0 Å². The van der Waals surface area contributed by atoms with Crippen molar-refractivity contribution < 1.29 is 9.59 Å². The molecule has 1 aliphatic carbocycles. The van der Waals surface area contributed by atoms with Crippen molar-refractivity contribution in [2.75, 3.05) is 70.3 Å². The molecule has 7 nitrogen and oxygen atoms in total. The Morgan fingerprint density at radius 1 is 1.00 bits per heavy atom. The third kappa shape index (κ3) is 5.57. The molecular weight excluding hydrogens is 390 g/mol. The summed E-state index contributed by atoms with van der Waals surface area (Å²) in [6.45, 7) is 10.6. The van der Waals surface area contributed by atoms with Crippen molar-refractivity contribution in [3.8, 4) is 0 Å². The number of hydrogen-bond donors (Lipinski definition) is 1. The number of carbonyl (C=O) groups is 2. The molecule has 2 amide bonds. The van der Waals surface area contributed by atoms with Gasteiger partial charge in [-0.25, -0.2) is 0 Å². The van der Waals surface area contributed by atoms with Crippen molar-refractivity contribution in [2.45, 2.75) is 38.6 Å². The van der Waals surface area contributed by atoms with Crippen molar-refractivity contribution in [3.63, 3.8) is 0 Å². The van der Waals surface area contributed by atoms with E-state index >= 15 is 0 Å². The molecule has 3 fully saturated rings. The fourth-order valence-corrected chi connectivity index (χ4v) is 4.73. The van der Waals surface area contributed by atoms with Gasteiger partial charge < -0.3 is 15.1 Å². The second-order valence-electron chi connectivity index (χ2n) is 9.07. The van der Waals surface area contributed by atoms with Crippen molar-refractivity contribution in [1.29, 1.82) is 0 Å². The van der Waals surface area contributed by atoms with Crippen LogP contribution in [-0.2, 0) is 4.79 Å². The molecule has 170 valence electrons. The van der Waals surface area contributed by atoms with Crippen molar-refractivity contribution in [1.82, 2.24) is 20.0 Å². The maximum Gasteiger partial charge on any atom is 0.251 e. The first-order valence-corrected chi connectivity index (χ1v) is 12.0. The van der Waals surface area contributed by atoms with Crippen LogP contribution in [0.2, 0.25) is 0 Å². The normalized spacial score (nSPS) is 21.1. The van der Waals surface area contributed by atoms with Gasteiger partial charge in [0.2, 0.25) is 5.91 Å². The number of hydrogen-bond acceptors (Lipinski definition) is 5. The summed E-state index contributed by atoms with van der Waals surface area (Å²) < 4.78 is 0. The highest BCUT2D eigenvalue weighted by atomic mass is 16.2.